The Balaban J connectivity index is 1.55. The van der Waals surface area contributed by atoms with Crippen molar-refractivity contribution in [2.75, 3.05) is 13.1 Å². The van der Waals surface area contributed by atoms with Crippen molar-refractivity contribution in [3.05, 3.63) is 41.5 Å². The van der Waals surface area contributed by atoms with Crippen molar-refractivity contribution >= 4 is 6.03 Å². The van der Waals surface area contributed by atoms with Gasteiger partial charge >= 0.3 is 6.03 Å². The van der Waals surface area contributed by atoms with E-state index in [9.17, 15) is 4.79 Å². The summed E-state index contributed by atoms with van der Waals surface area (Å²) in [7, 11) is 1.96. The van der Waals surface area contributed by atoms with Gasteiger partial charge in [0, 0.05) is 50.2 Å². The zero-order valence-corrected chi connectivity index (χ0v) is 15.7. The molecule has 2 amide bonds. The highest BCUT2D eigenvalue weighted by molar-refractivity contribution is 5.74. The van der Waals surface area contributed by atoms with E-state index in [2.05, 4.69) is 29.2 Å². The van der Waals surface area contributed by atoms with Crippen LogP contribution in [0.5, 0.6) is 5.75 Å². The SMILES string of the molecule is CCc1nn(C)c(CC)c1CNC(=O)N1CC[C@@H](Oc2ccncc2)C1. The van der Waals surface area contributed by atoms with E-state index in [4.69, 9.17) is 4.74 Å². The highest BCUT2D eigenvalue weighted by Gasteiger charge is 2.28. The number of aryl methyl sites for hydroxylation is 2. The largest absolute Gasteiger partial charge is 0.488 e. The Bertz CT molecular complexity index is 744. The summed E-state index contributed by atoms with van der Waals surface area (Å²) in [5, 5.41) is 7.62. The first-order chi connectivity index (χ1) is 12.6. The van der Waals surface area contributed by atoms with Crippen LogP contribution < -0.4 is 10.1 Å². The van der Waals surface area contributed by atoms with Crippen LogP contribution >= 0.6 is 0 Å². The summed E-state index contributed by atoms with van der Waals surface area (Å²) < 4.78 is 7.85. The fraction of sp³-hybridized carbons (Fsp3) is 0.526. The number of pyridine rings is 1. The first-order valence-corrected chi connectivity index (χ1v) is 9.25. The molecule has 140 valence electrons. The van der Waals surface area contributed by atoms with Gasteiger partial charge in [-0.1, -0.05) is 13.8 Å². The summed E-state index contributed by atoms with van der Waals surface area (Å²) in [6.45, 7) is 6.03. The molecule has 26 heavy (non-hydrogen) atoms. The maximum absolute atomic E-state index is 12.5. The minimum atomic E-state index is -0.0428. The van der Waals surface area contributed by atoms with Crippen molar-refractivity contribution in [2.45, 2.75) is 45.8 Å². The lowest BCUT2D eigenvalue weighted by atomic mass is 10.1. The van der Waals surface area contributed by atoms with E-state index in [0.717, 1.165) is 36.3 Å². The Kier molecular flexibility index (Phi) is 5.75. The predicted molar refractivity (Wildman–Crippen MR) is 99.0 cm³/mol. The number of rotatable bonds is 6. The van der Waals surface area contributed by atoms with Crippen molar-refractivity contribution in [3.63, 3.8) is 0 Å². The first-order valence-electron chi connectivity index (χ1n) is 9.25. The molecule has 0 spiro atoms. The zero-order chi connectivity index (χ0) is 18.5. The lowest BCUT2D eigenvalue weighted by Gasteiger charge is -2.18. The minimum absolute atomic E-state index is 0.0268. The molecule has 1 atom stereocenters. The monoisotopic (exact) mass is 357 g/mol. The van der Waals surface area contributed by atoms with Gasteiger partial charge in [-0.2, -0.15) is 5.10 Å². The fourth-order valence-corrected chi connectivity index (χ4v) is 3.49. The Morgan fingerprint density at radius 1 is 1.31 bits per heavy atom. The zero-order valence-electron chi connectivity index (χ0n) is 15.7. The molecule has 0 aliphatic carbocycles. The quantitative estimate of drug-likeness (QED) is 0.861. The van der Waals surface area contributed by atoms with E-state index in [1.165, 1.54) is 5.69 Å². The number of hydrogen-bond acceptors (Lipinski definition) is 4. The Morgan fingerprint density at radius 2 is 2.08 bits per heavy atom. The maximum Gasteiger partial charge on any atom is 0.317 e. The molecule has 0 unspecified atom stereocenters. The van der Waals surface area contributed by atoms with Gasteiger partial charge in [0.25, 0.3) is 0 Å². The predicted octanol–water partition coefficient (Wildman–Crippen LogP) is 2.30. The molecule has 1 N–H and O–H groups in total. The van der Waals surface area contributed by atoms with E-state index in [0.29, 0.717) is 19.6 Å². The second-order valence-corrected chi connectivity index (χ2v) is 6.52. The molecule has 1 fully saturated rings. The fourth-order valence-electron chi connectivity index (χ4n) is 3.49. The number of aromatic nitrogens is 3. The molecule has 2 aromatic heterocycles. The van der Waals surface area contributed by atoms with Crippen LogP contribution in [0.4, 0.5) is 4.79 Å². The van der Waals surface area contributed by atoms with Crippen LogP contribution in [0.3, 0.4) is 0 Å². The van der Waals surface area contributed by atoms with Crippen LogP contribution in [0.1, 0.15) is 37.2 Å². The summed E-state index contributed by atoms with van der Waals surface area (Å²) in [5.41, 5.74) is 3.39. The summed E-state index contributed by atoms with van der Waals surface area (Å²) in [4.78, 5) is 18.3. The second-order valence-electron chi connectivity index (χ2n) is 6.52. The lowest BCUT2D eigenvalue weighted by Crippen LogP contribution is -2.39. The molecule has 1 aliphatic rings. The van der Waals surface area contributed by atoms with Crippen LogP contribution in [-0.2, 0) is 26.4 Å². The molecule has 0 bridgehead atoms. The van der Waals surface area contributed by atoms with Crippen molar-refractivity contribution in [1.82, 2.24) is 25.0 Å². The van der Waals surface area contributed by atoms with E-state index in [1.54, 1.807) is 12.4 Å². The maximum atomic E-state index is 12.5. The third kappa shape index (κ3) is 3.98. The average Bonchev–Trinajstić information content (AvgIpc) is 3.24. The molecular weight excluding hydrogens is 330 g/mol. The first kappa shape index (κ1) is 18.2. The van der Waals surface area contributed by atoms with Gasteiger partial charge in [0.05, 0.1) is 12.2 Å². The number of carbonyl (C=O) groups is 1. The number of nitrogens with zero attached hydrogens (tertiary/aromatic N) is 4. The highest BCUT2D eigenvalue weighted by atomic mass is 16.5. The molecule has 0 saturated carbocycles. The van der Waals surface area contributed by atoms with Crippen molar-refractivity contribution in [2.24, 2.45) is 7.05 Å². The normalized spacial score (nSPS) is 16.7. The van der Waals surface area contributed by atoms with E-state index < -0.39 is 0 Å². The molecule has 3 heterocycles. The molecule has 1 aliphatic heterocycles. The summed E-state index contributed by atoms with van der Waals surface area (Å²) >= 11 is 0. The van der Waals surface area contributed by atoms with Crippen LogP contribution in [0.2, 0.25) is 0 Å². The molecule has 0 aromatic carbocycles. The van der Waals surface area contributed by atoms with Crippen LogP contribution in [-0.4, -0.2) is 44.9 Å². The number of likely N-dealkylation sites (tertiary alicyclic amines) is 1. The van der Waals surface area contributed by atoms with Gasteiger partial charge in [0.1, 0.15) is 11.9 Å². The van der Waals surface area contributed by atoms with Crippen molar-refractivity contribution < 1.29 is 9.53 Å². The van der Waals surface area contributed by atoms with Crippen molar-refractivity contribution in [1.29, 1.82) is 0 Å². The third-order valence-electron chi connectivity index (χ3n) is 4.83. The number of hydrogen-bond donors (Lipinski definition) is 1. The van der Waals surface area contributed by atoms with Gasteiger partial charge in [-0.3, -0.25) is 9.67 Å². The van der Waals surface area contributed by atoms with Crippen molar-refractivity contribution in [3.8, 4) is 5.75 Å². The second kappa shape index (κ2) is 8.21. The van der Waals surface area contributed by atoms with Gasteiger partial charge in [0.15, 0.2) is 0 Å². The molecule has 2 aromatic rings. The van der Waals surface area contributed by atoms with Gasteiger partial charge in [-0.25, -0.2) is 4.79 Å². The van der Waals surface area contributed by atoms with Gasteiger partial charge in [-0.15, -0.1) is 0 Å². The molecule has 1 saturated heterocycles. The Morgan fingerprint density at radius 3 is 2.77 bits per heavy atom. The Labute approximate surface area is 154 Å². The third-order valence-corrected chi connectivity index (χ3v) is 4.83. The number of urea groups is 1. The standard InChI is InChI=1S/C19H27N5O2/c1-4-17-16(18(5-2)23(3)22-17)12-21-19(25)24-11-8-15(13-24)26-14-6-9-20-10-7-14/h6-7,9-10,15H,4-5,8,11-13H2,1-3H3,(H,21,25)/t15-/m1/s1. The molecule has 0 radical (unpaired) electrons. The molecule has 7 nitrogen and oxygen atoms in total. The van der Waals surface area contributed by atoms with Crippen LogP contribution in [0, 0.1) is 0 Å². The number of nitrogens with one attached hydrogen (secondary N) is 1. The van der Waals surface area contributed by atoms with Gasteiger partial charge in [0.2, 0.25) is 0 Å². The smallest absolute Gasteiger partial charge is 0.317 e. The topological polar surface area (TPSA) is 72.3 Å². The lowest BCUT2D eigenvalue weighted by molar-refractivity contribution is 0.186. The summed E-state index contributed by atoms with van der Waals surface area (Å²) in [6, 6.07) is 3.63. The molecule has 3 rings (SSSR count). The number of amides is 2. The summed E-state index contributed by atoms with van der Waals surface area (Å²) in [6.07, 6.45) is 6.05. The van der Waals surface area contributed by atoms with Crippen LogP contribution in [0.25, 0.3) is 0 Å². The van der Waals surface area contributed by atoms with Gasteiger partial charge in [-0.05, 0) is 25.0 Å². The van der Waals surface area contributed by atoms with E-state index in [1.807, 2.05) is 28.8 Å². The minimum Gasteiger partial charge on any atom is -0.488 e. The number of ether oxygens (including phenoxy) is 1. The van der Waals surface area contributed by atoms with E-state index in [-0.39, 0.29) is 12.1 Å². The Hall–Kier alpha value is -2.57. The average molecular weight is 357 g/mol. The summed E-state index contributed by atoms with van der Waals surface area (Å²) in [5.74, 6) is 0.794. The van der Waals surface area contributed by atoms with E-state index >= 15 is 0 Å². The van der Waals surface area contributed by atoms with Gasteiger partial charge < -0.3 is 15.0 Å². The number of carbonyl (C=O) groups excluding carboxylic acids is 1. The highest BCUT2D eigenvalue weighted by Crippen LogP contribution is 2.18. The van der Waals surface area contributed by atoms with Crippen LogP contribution in [0.15, 0.2) is 24.5 Å². The molecule has 7 heteroatoms. The molecular formula is C19H27N5O2.